The highest BCUT2D eigenvalue weighted by atomic mass is 32.2. The molecule has 6 heteroatoms. The van der Waals surface area contributed by atoms with Gasteiger partial charge in [0.15, 0.2) is 0 Å². The van der Waals surface area contributed by atoms with Gasteiger partial charge in [-0.05, 0) is 23.3 Å². The minimum Gasteiger partial charge on any atom is -0.371 e. The Kier molecular flexibility index (Phi) is 4.75. The molecule has 0 radical (unpaired) electrons. The average molecular weight is 335 g/mol. The van der Waals surface area contributed by atoms with Crippen molar-refractivity contribution in [3.63, 3.8) is 0 Å². The number of rotatable bonds is 6. The highest BCUT2D eigenvalue weighted by molar-refractivity contribution is 7.88. The first kappa shape index (κ1) is 16.1. The van der Waals surface area contributed by atoms with E-state index in [2.05, 4.69) is 0 Å². The van der Waals surface area contributed by atoms with Crippen molar-refractivity contribution >= 4 is 10.0 Å². The monoisotopic (exact) mass is 335 g/mol. The molecular weight excluding hydrogens is 317 g/mol. The first-order chi connectivity index (χ1) is 11.0. The van der Waals surface area contributed by atoms with Crippen molar-refractivity contribution in [2.75, 3.05) is 13.1 Å². The van der Waals surface area contributed by atoms with Gasteiger partial charge in [-0.25, -0.2) is 12.8 Å². The minimum atomic E-state index is -3.31. The lowest BCUT2D eigenvalue weighted by Gasteiger charge is -2.37. The third-order valence-corrected chi connectivity index (χ3v) is 5.56. The fourth-order valence-corrected chi connectivity index (χ4v) is 4.03. The summed E-state index contributed by atoms with van der Waals surface area (Å²) in [6, 6.07) is 15.3. The minimum absolute atomic E-state index is 0.00442. The second kappa shape index (κ2) is 6.78. The lowest BCUT2D eigenvalue weighted by Crippen LogP contribution is -2.54. The maximum atomic E-state index is 13.1. The van der Waals surface area contributed by atoms with E-state index in [9.17, 15) is 12.8 Å². The van der Waals surface area contributed by atoms with E-state index in [1.807, 2.05) is 18.2 Å². The number of hydrogen-bond acceptors (Lipinski definition) is 3. The van der Waals surface area contributed by atoms with Gasteiger partial charge in [-0.2, -0.15) is 4.31 Å². The summed E-state index contributed by atoms with van der Waals surface area (Å²) in [5.41, 5.74) is 1.52. The van der Waals surface area contributed by atoms with Crippen LogP contribution in [0.5, 0.6) is 0 Å². The molecule has 4 nitrogen and oxygen atoms in total. The van der Waals surface area contributed by atoms with Crippen LogP contribution >= 0.6 is 0 Å². The molecule has 2 aromatic rings. The molecule has 122 valence electrons. The van der Waals surface area contributed by atoms with E-state index in [0.717, 1.165) is 11.1 Å². The Balaban J connectivity index is 1.48. The Morgan fingerprint density at radius 1 is 1.04 bits per heavy atom. The first-order valence-corrected chi connectivity index (χ1v) is 9.02. The van der Waals surface area contributed by atoms with E-state index in [-0.39, 0.29) is 24.3 Å². The normalized spacial score (nSPS) is 16.2. The maximum Gasteiger partial charge on any atom is 0.218 e. The first-order valence-electron chi connectivity index (χ1n) is 7.41. The van der Waals surface area contributed by atoms with Gasteiger partial charge < -0.3 is 4.74 Å². The van der Waals surface area contributed by atoms with Gasteiger partial charge >= 0.3 is 0 Å². The number of halogens is 1. The molecule has 0 spiro atoms. The van der Waals surface area contributed by atoms with Gasteiger partial charge in [0.25, 0.3) is 0 Å². The molecule has 0 saturated carbocycles. The molecule has 1 fully saturated rings. The van der Waals surface area contributed by atoms with Crippen LogP contribution in [0.1, 0.15) is 11.1 Å². The number of ether oxygens (including phenoxy) is 1. The summed E-state index contributed by atoms with van der Waals surface area (Å²) in [5, 5.41) is 0. The highest BCUT2D eigenvalue weighted by Crippen LogP contribution is 2.21. The van der Waals surface area contributed by atoms with Crippen molar-refractivity contribution in [2.24, 2.45) is 0 Å². The maximum absolute atomic E-state index is 13.1. The van der Waals surface area contributed by atoms with Crippen molar-refractivity contribution < 1.29 is 17.5 Å². The number of hydrogen-bond donors (Lipinski definition) is 0. The Bertz CT molecular complexity index is 758. The van der Waals surface area contributed by atoms with Crippen molar-refractivity contribution in [2.45, 2.75) is 18.5 Å². The number of benzene rings is 2. The summed E-state index contributed by atoms with van der Waals surface area (Å²) in [6.07, 6.45) is -0.135. The molecule has 0 atom stereocenters. The highest BCUT2D eigenvalue weighted by Gasteiger charge is 2.36. The lowest BCUT2D eigenvalue weighted by molar-refractivity contribution is -0.0297. The van der Waals surface area contributed by atoms with E-state index in [1.54, 1.807) is 24.3 Å². The largest absolute Gasteiger partial charge is 0.371 e. The van der Waals surface area contributed by atoms with Gasteiger partial charge in [0, 0.05) is 13.1 Å². The summed E-state index contributed by atoms with van der Waals surface area (Å²) in [5.74, 6) is -0.295. The Labute approximate surface area is 135 Å². The molecule has 0 N–H and O–H groups in total. The molecule has 3 rings (SSSR count). The zero-order chi connectivity index (χ0) is 16.3. The summed E-state index contributed by atoms with van der Waals surface area (Å²) >= 11 is 0. The molecule has 1 heterocycles. The topological polar surface area (TPSA) is 46.6 Å². The SMILES string of the molecule is O=S(=O)(Cc1ccccc1)N1CC(OCc2cccc(F)c2)C1. The van der Waals surface area contributed by atoms with Gasteiger partial charge in [-0.15, -0.1) is 0 Å². The van der Waals surface area contributed by atoms with Crippen LogP contribution in [0, 0.1) is 5.82 Å². The van der Waals surface area contributed by atoms with Gasteiger partial charge in [-0.3, -0.25) is 0 Å². The zero-order valence-electron chi connectivity index (χ0n) is 12.6. The molecule has 2 aromatic carbocycles. The molecule has 23 heavy (non-hydrogen) atoms. The van der Waals surface area contributed by atoms with Gasteiger partial charge in [-0.1, -0.05) is 42.5 Å². The van der Waals surface area contributed by atoms with E-state index in [0.29, 0.717) is 13.1 Å². The van der Waals surface area contributed by atoms with Crippen molar-refractivity contribution in [3.8, 4) is 0 Å². The Hall–Kier alpha value is -1.76. The van der Waals surface area contributed by atoms with E-state index in [4.69, 9.17) is 4.74 Å². The van der Waals surface area contributed by atoms with Crippen LogP contribution in [0.4, 0.5) is 4.39 Å². The average Bonchev–Trinajstić information content (AvgIpc) is 2.46. The summed E-state index contributed by atoms with van der Waals surface area (Å²) in [7, 11) is -3.31. The van der Waals surface area contributed by atoms with Gasteiger partial charge in [0.2, 0.25) is 10.0 Å². The van der Waals surface area contributed by atoms with E-state index < -0.39 is 10.0 Å². The lowest BCUT2D eigenvalue weighted by atomic mass is 10.2. The summed E-state index contributed by atoms with van der Waals surface area (Å²) in [6.45, 7) is 0.990. The smallest absolute Gasteiger partial charge is 0.218 e. The quantitative estimate of drug-likeness (QED) is 0.815. The predicted octanol–water partition coefficient (Wildman–Crippen LogP) is 2.56. The van der Waals surface area contributed by atoms with Crippen LogP contribution in [0.3, 0.4) is 0 Å². The standard InChI is InChI=1S/C17H18FNO3S/c18-16-8-4-7-15(9-16)12-22-17-10-19(11-17)23(20,21)13-14-5-2-1-3-6-14/h1-9,17H,10-13H2. The second-order valence-electron chi connectivity index (χ2n) is 5.62. The van der Waals surface area contributed by atoms with Gasteiger partial charge in [0.1, 0.15) is 5.82 Å². The van der Waals surface area contributed by atoms with Crippen LogP contribution in [0.15, 0.2) is 54.6 Å². The van der Waals surface area contributed by atoms with E-state index in [1.165, 1.54) is 16.4 Å². The van der Waals surface area contributed by atoms with Crippen molar-refractivity contribution in [1.29, 1.82) is 0 Å². The van der Waals surface area contributed by atoms with Crippen LogP contribution < -0.4 is 0 Å². The second-order valence-corrected chi connectivity index (χ2v) is 7.59. The molecule has 0 bridgehead atoms. The molecule has 1 saturated heterocycles. The molecule has 0 amide bonds. The van der Waals surface area contributed by atoms with Crippen LogP contribution in [-0.2, 0) is 27.1 Å². The predicted molar refractivity (Wildman–Crippen MR) is 85.6 cm³/mol. The van der Waals surface area contributed by atoms with Crippen LogP contribution in [0.2, 0.25) is 0 Å². The summed E-state index contributed by atoms with van der Waals surface area (Å²) < 4.78 is 44.7. The summed E-state index contributed by atoms with van der Waals surface area (Å²) in [4.78, 5) is 0. The Morgan fingerprint density at radius 3 is 2.43 bits per heavy atom. The van der Waals surface area contributed by atoms with Crippen LogP contribution in [0.25, 0.3) is 0 Å². The van der Waals surface area contributed by atoms with Crippen molar-refractivity contribution in [3.05, 3.63) is 71.5 Å². The molecule has 0 unspecified atom stereocenters. The number of nitrogens with zero attached hydrogens (tertiary/aromatic N) is 1. The third kappa shape index (κ3) is 4.16. The van der Waals surface area contributed by atoms with Crippen molar-refractivity contribution in [1.82, 2.24) is 4.31 Å². The van der Waals surface area contributed by atoms with Crippen LogP contribution in [-0.4, -0.2) is 31.9 Å². The van der Waals surface area contributed by atoms with Gasteiger partial charge in [0.05, 0.1) is 18.5 Å². The molecular formula is C17H18FNO3S. The Morgan fingerprint density at radius 2 is 1.74 bits per heavy atom. The molecule has 1 aliphatic heterocycles. The zero-order valence-corrected chi connectivity index (χ0v) is 13.4. The molecule has 0 aliphatic carbocycles. The molecule has 0 aromatic heterocycles. The third-order valence-electron chi connectivity index (χ3n) is 3.77. The molecule has 1 aliphatic rings. The fraction of sp³-hybridized carbons (Fsp3) is 0.294. The van der Waals surface area contributed by atoms with E-state index >= 15 is 0 Å². The fourth-order valence-electron chi connectivity index (χ4n) is 2.45. The number of sulfonamides is 1.